The Hall–Kier alpha value is -3.02. The van der Waals surface area contributed by atoms with E-state index in [1.54, 1.807) is 37.3 Å². The second-order valence-electron chi connectivity index (χ2n) is 9.07. The fourth-order valence-corrected chi connectivity index (χ4v) is 3.51. The Morgan fingerprint density at radius 2 is 1.53 bits per heavy atom. The predicted molar refractivity (Wildman–Crippen MR) is 136 cm³/mol. The van der Waals surface area contributed by atoms with Crippen LogP contribution >= 0.6 is 0 Å². The van der Waals surface area contributed by atoms with Crippen LogP contribution in [0.25, 0.3) is 0 Å². The van der Waals surface area contributed by atoms with E-state index in [0.717, 1.165) is 5.56 Å². The highest BCUT2D eigenvalue weighted by Crippen LogP contribution is 2.09. The van der Waals surface area contributed by atoms with E-state index in [0.29, 0.717) is 25.8 Å². The molecule has 1 aromatic rings. The molecule has 202 valence electrons. The highest BCUT2D eigenvalue weighted by molar-refractivity contribution is 5.94. The van der Waals surface area contributed by atoms with Crippen molar-refractivity contribution in [1.29, 1.82) is 0 Å². The van der Waals surface area contributed by atoms with E-state index in [1.807, 2.05) is 6.92 Å². The molecule has 36 heavy (non-hydrogen) atoms. The number of rotatable bonds is 16. The van der Waals surface area contributed by atoms with E-state index in [9.17, 15) is 29.4 Å². The summed E-state index contributed by atoms with van der Waals surface area (Å²) in [6.45, 7) is 5.40. The molecule has 0 saturated heterocycles. The Morgan fingerprint density at radius 3 is 2.06 bits per heavy atom. The number of amides is 3. The maximum absolute atomic E-state index is 13.0. The van der Waals surface area contributed by atoms with Crippen LogP contribution in [0.5, 0.6) is 0 Å². The molecule has 0 aliphatic heterocycles. The Labute approximate surface area is 212 Å². The van der Waals surface area contributed by atoms with Gasteiger partial charge in [-0.2, -0.15) is 0 Å². The zero-order chi connectivity index (χ0) is 27.3. The van der Waals surface area contributed by atoms with E-state index in [2.05, 4.69) is 16.0 Å². The molecule has 0 bridgehead atoms. The van der Waals surface area contributed by atoms with Crippen LogP contribution in [0.1, 0.15) is 52.0 Å². The lowest BCUT2D eigenvalue weighted by molar-refractivity contribution is -0.142. The summed E-state index contributed by atoms with van der Waals surface area (Å²) in [6.07, 6.45) is 0.722. The second-order valence-corrected chi connectivity index (χ2v) is 9.07. The maximum Gasteiger partial charge on any atom is 0.326 e. The fraction of sp³-hybridized carbons (Fsp3) is 0.600. The Balaban J connectivity index is 2.99. The summed E-state index contributed by atoms with van der Waals surface area (Å²) < 4.78 is 0. The molecular weight excluding hydrogens is 466 g/mol. The third-order valence-corrected chi connectivity index (χ3v) is 6.10. The van der Waals surface area contributed by atoms with Gasteiger partial charge in [0, 0.05) is 6.42 Å². The number of carboxylic acids is 1. The molecule has 1 rings (SSSR count). The number of aliphatic hydroxyl groups excluding tert-OH is 1. The van der Waals surface area contributed by atoms with Crippen molar-refractivity contribution in [1.82, 2.24) is 16.0 Å². The number of carbonyl (C=O) groups excluding carboxylic acids is 3. The minimum Gasteiger partial charge on any atom is -0.480 e. The topological polar surface area (TPSA) is 197 Å². The number of aliphatic carboxylic acids is 1. The molecule has 0 heterocycles. The number of carboxylic acid groups (broad SMARTS) is 1. The fourth-order valence-electron chi connectivity index (χ4n) is 3.51. The van der Waals surface area contributed by atoms with Gasteiger partial charge in [-0.25, -0.2) is 4.79 Å². The number of nitrogens with two attached hydrogens (primary N) is 2. The monoisotopic (exact) mass is 507 g/mol. The molecule has 0 aromatic heterocycles. The van der Waals surface area contributed by atoms with E-state index < -0.39 is 54.0 Å². The lowest BCUT2D eigenvalue weighted by Gasteiger charge is -2.27. The second kappa shape index (κ2) is 15.9. The summed E-state index contributed by atoms with van der Waals surface area (Å²) in [5.41, 5.74) is 12.2. The van der Waals surface area contributed by atoms with Crippen LogP contribution in [0, 0.1) is 5.92 Å². The van der Waals surface area contributed by atoms with E-state index in [-0.39, 0.29) is 18.8 Å². The highest BCUT2D eigenvalue weighted by Gasteiger charge is 2.33. The molecule has 11 nitrogen and oxygen atoms in total. The SMILES string of the molecule is CCC(C)C(N)C(=O)NC(C(=O)NC(CCCCN)C(=O)NC(Cc1ccccc1)C(=O)O)C(C)O. The van der Waals surface area contributed by atoms with Crippen molar-refractivity contribution in [3.8, 4) is 0 Å². The Morgan fingerprint density at radius 1 is 0.917 bits per heavy atom. The third-order valence-electron chi connectivity index (χ3n) is 6.10. The summed E-state index contributed by atoms with van der Waals surface area (Å²) >= 11 is 0. The van der Waals surface area contributed by atoms with Gasteiger partial charge in [-0.05, 0) is 44.2 Å². The largest absolute Gasteiger partial charge is 0.480 e. The molecule has 0 spiro atoms. The van der Waals surface area contributed by atoms with Gasteiger partial charge in [0.2, 0.25) is 17.7 Å². The van der Waals surface area contributed by atoms with E-state index >= 15 is 0 Å². The molecule has 9 N–H and O–H groups in total. The third kappa shape index (κ3) is 10.3. The summed E-state index contributed by atoms with van der Waals surface area (Å²) in [6, 6.07) is 4.31. The smallest absolute Gasteiger partial charge is 0.326 e. The summed E-state index contributed by atoms with van der Waals surface area (Å²) in [7, 11) is 0. The minimum atomic E-state index is -1.35. The van der Waals surface area contributed by atoms with Crippen molar-refractivity contribution in [3.63, 3.8) is 0 Å². The van der Waals surface area contributed by atoms with Gasteiger partial charge in [0.1, 0.15) is 18.1 Å². The number of nitrogens with one attached hydrogen (secondary N) is 3. The highest BCUT2D eigenvalue weighted by atomic mass is 16.4. The molecule has 3 amide bonds. The van der Waals surface area contributed by atoms with Gasteiger partial charge in [0.05, 0.1) is 12.1 Å². The quantitative estimate of drug-likeness (QED) is 0.147. The number of carbonyl (C=O) groups is 4. The average molecular weight is 508 g/mol. The maximum atomic E-state index is 13.0. The van der Waals surface area contributed by atoms with Crippen LogP contribution in [0.2, 0.25) is 0 Å². The van der Waals surface area contributed by atoms with Crippen LogP contribution < -0.4 is 27.4 Å². The summed E-state index contributed by atoms with van der Waals surface area (Å²) in [4.78, 5) is 50.3. The molecule has 0 aliphatic carbocycles. The number of unbranched alkanes of at least 4 members (excludes halogenated alkanes) is 1. The van der Waals surface area contributed by atoms with Gasteiger partial charge < -0.3 is 37.6 Å². The molecule has 1 aromatic carbocycles. The zero-order valence-electron chi connectivity index (χ0n) is 21.3. The standard InChI is InChI=1S/C25H41N5O6/c1-4-15(2)20(27)23(33)30-21(16(3)31)24(34)28-18(12-8-9-13-26)22(32)29-19(25(35)36)14-17-10-6-5-7-11-17/h5-7,10-11,15-16,18-21,31H,4,8-9,12-14,26-27H2,1-3H3,(H,28,34)(H,29,32)(H,30,33)(H,35,36). The van der Waals surface area contributed by atoms with Gasteiger partial charge in [0.15, 0.2) is 0 Å². The van der Waals surface area contributed by atoms with Gasteiger partial charge in [-0.15, -0.1) is 0 Å². The summed E-state index contributed by atoms with van der Waals surface area (Å²) in [5.74, 6) is -3.42. The van der Waals surface area contributed by atoms with Crippen LogP contribution in [0.3, 0.4) is 0 Å². The number of benzene rings is 1. The summed E-state index contributed by atoms with van der Waals surface area (Å²) in [5, 5.41) is 27.3. The van der Waals surface area contributed by atoms with Crippen molar-refractivity contribution < 1.29 is 29.4 Å². The first-order valence-corrected chi connectivity index (χ1v) is 12.3. The van der Waals surface area contributed by atoms with E-state index in [4.69, 9.17) is 11.5 Å². The van der Waals surface area contributed by atoms with Gasteiger partial charge in [-0.1, -0.05) is 50.6 Å². The van der Waals surface area contributed by atoms with Crippen LogP contribution in [-0.4, -0.2) is 70.7 Å². The number of aliphatic hydroxyl groups is 1. The van der Waals surface area contributed by atoms with Gasteiger partial charge in [0.25, 0.3) is 0 Å². The lowest BCUT2D eigenvalue weighted by Crippen LogP contribution is -2.60. The minimum absolute atomic E-state index is 0.0608. The molecule has 0 radical (unpaired) electrons. The lowest BCUT2D eigenvalue weighted by atomic mass is 9.98. The van der Waals surface area contributed by atoms with Gasteiger partial charge in [-0.3, -0.25) is 14.4 Å². The van der Waals surface area contributed by atoms with E-state index in [1.165, 1.54) is 6.92 Å². The van der Waals surface area contributed by atoms with Crippen LogP contribution in [-0.2, 0) is 25.6 Å². The normalized spacial score (nSPS) is 16.1. The first-order valence-electron chi connectivity index (χ1n) is 12.3. The zero-order valence-corrected chi connectivity index (χ0v) is 21.3. The van der Waals surface area contributed by atoms with Crippen LogP contribution in [0.15, 0.2) is 30.3 Å². The molecule has 11 heteroatoms. The average Bonchev–Trinajstić information content (AvgIpc) is 2.85. The van der Waals surface area contributed by atoms with Crippen molar-refractivity contribution in [2.24, 2.45) is 17.4 Å². The van der Waals surface area contributed by atoms with Crippen molar-refractivity contribution in [2.75, 3.05) is 6.54 Å². The molecule has 0 aliphatic rings. The van der Waals surface area contributed by atoms with Crippen molar-refractivity contribution >= 4 is 23.7 Å². The number of hydrogen-bond acceptors (Lipinski definition) is 7. The van der Waals surface area contributed by atoms with Crippen LogP contribution in [0.4, 0.5) is 0 Å². The first-order chi connectivity index (χ1) is 17.0. The van der Waals surface area contributed by atoms with Gasteiger partial charge >= 0.3 is 5.97 Å². The molecule has 0 saturated carbocycles. The van der Waals surface area contributed by atoms with Crippen molar-refractivity contribution in [3.05, 3.63) is 35.9 Å². The molecule has 0 fully saturated rings. The Bertz CT molecular complexity index is 851. The Kier molecular flexibility index (Phi) is 13.7. The molecule has 6 atom stereocenters. The first kappa shape index (κ1) is 31.0. The number of hydrogen-bond donors (Lipinski definition) is 7. The van der Waals surface area contributed by atoms with Crippen molar-refractivity contribution in [2.45, 2.75) is 83.1 Å². The molecular formula is C25H41N5O6. The predicted octanol–water partition coefficient (Wildman–Crippen LogP) is -0.349. The molecule has 6 unspecified atom stereocenters.